The Hall–Kier alpha value is -1.07. The second kappa shape index (κ2) is 9.78. The van der Waals surface area contributed by atoms with Gasteiger partial charge in [0, 0.05) is 11.5 Å². The monoisotopic (exact) mass is 282 g/mol. The first-order valence-electron chi connectivity index (χ1n) is 7.43. The van der Waals surface area contributed by atoms with E-state index in [0.29, 0.717) is 12.4 Å². The van der Waals surface area contributed by atoms with E-state index in [0.717, 1.165) is 12.8 Å². The normalized spacial score (nSPS) is 10.6. The lowest BCUT2D eigenvalue weighted by Crippen LogP contribution is -2.32. The van der Waals surface area contributed by atoms with Crippen molar-refractivity contribution in [2.75, 3.05) is 6.61 Å². The third-order valence-electron chi connectivity index (χ3n) is 3.27. The minimum atomic E-state index is -1.79. The quantitative estimate of drug-likeness (QED) is 0.512. The Morgan fingerprint density at radius 1 is 1.05 bits per heavy atom. The molecule has 0 aromatic heterocycles. The van der Waals surface area contributed by atoms with Crippen molar-refractivity contribution in [3.63, 3.8) is 0 Å². The summed E-state index contributed by atoms with van der Waals surface area (Å²) in [4.78, 5) is 0. The summed E-state index contributed by atoms with van der Waals surface area (Å²) in [5.74, 6) is -0.227. The highest BCUT2D eigenvalue weighted by molar-refractivity contribution is 6.58. The Balaban J connectivity index is 2.18. The smallest absolute Gasteiger partial charge is 0.491 e. The van der Waals surface area contributed by atoms with Crippen molar-refractivity contribution in [1.82, 2.24) is 0 Å². The van der Waals surface area contributed by atoms with Gasteiger partial charge in [0.05, 0.1) is 6.61 Å². The van der Waals surface area contributed by atoms with E-state index in [1.54, 1.807) is 6.07 Å². The van der Waals surface area contributed by atoms with Crippen molar-refractivity contribution in [2.45, 2.75) is 51.9 Å². The molecule has 0 saturated carbocycles. The van der Waals surface area contributed by atoms with Crippen molar-refractivity contribution in [1.29, 1.82) is 0 Å². The fourth-order valence-corrected chi connectivity index (χ4v) is 2.06. The fraction of sp³-hybridized carbons (Fsp3) is 0.600. The Kier molecular flexibility index (Phi) is 8.31. The zero-order valence-corrected chi connectivity index (χ0v) is 12.1. The van der Waals surface area contributed by atoms with Gasteiger partial charge in [0.1, 0.15) is 11.6 Å². The lowest BCUT2D eigenvalue weighted by atomic mass is 9.80. The van der Waals surface area contributed by atoms with Crippen LogP contribution in [-0.4, -0.2) is 23.8 Å². The highest BCUT2D eigenvalue weighted by Crippen LogP contribution is 2.13. The molecule has 0 radical (unpaired) electrons. The first-order valence-corrected chi connectivity index (χ1v) is 7.43. The van der Waals surface area contributed by atoms with Crippen LogP contribution in [0.2, 0.25) is 0 Å². The molecule has 0 bridgehead atoms. The molecule has 0 saturated heterocycles. The van der Waals surface area contributed by atoms with Gasteiger partial charge in [0.15, 0.2) is 0 Å². The molecule has 20 heavy (non-hydrogen) atoms. The summed E-state index contributed by atoms with van der Waals surface area (Å²) in [5, 5.41) is 17.8. The summed E-state index contributed by atoms with van der Waals surface area (Å²) < 4.78 is 18.9. The van der Waals surface area contributed by atoms with Gasteiger partial charge in [-0.2, -0.15) is 0 Å². The minimum absolute atomic E-state index is 0.131. The van der Waals surface area contributed by atoms with Gasteiger partial charge in [-0.25, -0.2) is 4.39 Å². The van der Waals surface area contributed by atoms with E-state index < -0.39 is 12.9 Å². The van der Waals surface area contributed by atoms with Gasteiger partial charge < -0.3 is 14.8 Å². The van der Waals surface area contributed by atoms with Gasteiger partial charge in [-0.1, -0.05) is 51.5 Å². The van der Waals surface area contributed by atoms with Gasteiger partial charge >= 0.3 is 7.12 Å². The molecular formula is C15H24BFO3. The molecule has 0 spiro atoms. The largest absolute Gasteiger partial charge is 0.493 e. The highest BCUT2D eigenvalue weighted by Gasteiger charge is 2.16. The summed E-state index contributed by atoms with van der Waals surface area (Å²) in [6.45, 7) is 2.77. The lowest BCUT2D eigenvalue weighted by Gasteiger charge is -2.08. The summed E-state index contributed by atoms with van der Waals surface area (Å²) in [6.07, 6.45) is 8.43. The predicted molar refractivity (Wildman–Crippen MR) is 79.7 cm³/mol. The number of hydrogen-bond acceptors (Lipinski definition) is 3. The van der Waals surface area contributed by atoms with Crippen molar-refractivity contribution >= 4 is 12.6 Å². The third-order valence-corrected chi connectivity index (χ3v) is 3.27. The molecular weight excluding hydrogens is 258 g/mol. The molecule has 0 aliphatic heterocycles. The number of halogens is 1. The van der Waals surface area contributed by atoms with Gasteiger partial charge in [0.25, 0.3) is 0 Å². The number of hydrogen-bond donors (Lipinski definition) is 2. The number of ether oxygens (including phenoxy) is 1. The first kappa shape index (κ1) is 17.0. The molecule has 0 amide bonds. The summed E-state index contributed by atoms with van der Waals surface area (Å²) in [5.41, 5.74) is -0.131. The number of rotatable bonds is 10. The van der Waals surface area contributed by atoms with E-state index in [4.69, 9.17) is 14.8 Å². The van der Waals surface area contributed by atoms with Crippen LogP contribution < -0.4 is 10.2 Å². The van der Waals surface area contributed by atoms with Crippen LogP contribution in [0.5, 0.6) is 5.75 Å². The number of benzene rings is 1. The second-order valence-corrected chi connectivity index (χ2v) is 5.03. The fourth-order valence-electron chi connectivity index (χ4n) is 2.06. The van der Waals surface area contributed by atoms with Gasteiger partial charge in [-0.3, -0.25) is 0 Å². The zero-order valence-electron chi connectivity index (χ0n) is 12.1. The molecule has 0 atom stereocenters. The Morgan fingerprint density at radius 2 is 1.70 bits per heavy atom. The van der Waals surface area contributed by atoms with E-state index in [1.807, 2.05) is 0 Å². The summed E-state index contributed by atoms with van der Waals surface area (Å²) in [6, 6.07) is 4.08. The van der Waals surface area contributed by atoms with Crippen LogP contribution >= 0.6 is 0 Å². The van der Waals surface area contributed by atoms with E-state index in [9.17, 15) is 4.39 Å². The molecule has 3 nitrogen and oxygen atoms in total. The number of unbranched alkanes of at least 4 members (excludes halogenated alkanes) is 6. The SMILES string of the molecule is CCCCCCCCCOc1ccc(B(O)O)c(F)c1. The van der Waals surface area contributed by atoms with E-state index in [2.05, 4.69) is 6.92 Å². The second-order valence-electron chi connectivity index (χ2n) is 5.03. The van der Waals surface area contributed by atoms with Crippen LogP contribution in [0, 0.1) is 5.82 Å². The maximum absolute atomic E-state index is 13.4. The predicted octanol–water partition coefficient (Wildman–Crippen LogP) is 2.63. The molecule has 0 aliphatic carbocycles. The molecule has 0 aliphatic rings. The lowest BCUT2D eigenvalue weighted by molar-refractivity contribution is 0.303. The van der Waals surface area contributed by atoms with Crippen molar-refractivity contribution < 1.29 is 19.2 Å². The van der Waals surface area contributed by atoms with Crippen LogP contribution in [0.15, 0.2) is 18.2 Å². The average molecular weight is 282 g/mol. The van der Waals surface area contributed by atoms with Crippen LogP contribution in [0.3, 0.4) is 0 Å². The minimum Gasteiger partial charge on any atom is -0.493 e. The van der Waals surface area contributed by atoms with Crippen LogP contribution in [0.1, 0.15) is 51.9 Å². The zero-order chi connectivity index (χ0) is 14.8. The van der Waals surface area contributed by atoms with Crippen molar-refractivity contribution in [2.24, 2.45) is 0 Å². The molecule has 2 N–H and O–H groups in total. The Labute approximate surface area is 120 Å². The van der Waals surface area contributed by atoms with Gasteiger partial charge in [0.2, 0.25) is 0 Å². The molecule has 112 valence electrons. The topological polar surface area (TPSA) is 49.7 Å². The van der Waals surface area contributed by atoms with E-state index >= 15 is 0 Å². The van der Waals surface area contributed by atoms with E-state index in [1.165, 1.54) is 44.2 Å². The maximum atomic E-state index is 13.4. The van der Waals surface area contributed by atoms with E-state index in [-0.39, 0.29) is 5.46 Å². The Morgan fingerprint density at radius 3 is 2.30 bits per heavy atom. The van der Waals surface area contributed by atoms with Crippen LogP contribution in [-0.2, 0) is 0 Å². The maximum Gasteiger partial charge on any atom is 0.491 e. The van der Waals surface area contributed by atoms with Gasteiger partial charge in [-0.05, 0) is 12.5 Å². The average Bonchev–Trinajstić information content (AvgIpc) is 2.41. The van der Waals surface area contributed by atoms with Gasteiger partial charge in [-0.15, -0.1) is 0 Å². The van der Waals surface area contributed by atoms with Crippen LogP contribution in [0.4, 0.5) is 4.39 Å². The molecule has 0 heterocycles. The Bertz CT molecular complexity index is 385. The third kappa shape index (κ3) is 6.39. The molecule has 0 unspecified atom stereocenters. The summed E-state index contributed by atoms with van der Waals surface area (Å²) in [7, 11) is -1.79. The highest BCUT2D eigenvalue weighted by atomic mass is 19.1. The summed E-state index contributed by atoms with van der Waals surface area (Å²) >= 11 is 0. The molecule has 0 fully saturated rings. The van der Waals surface area contributed by atoms with Crippen molar-refractivity contribution in [3.8, 4) is 5.75 Å². The standard InChI is InChI=1S/C15H24BFO3/c1-2-3-4-5-6-7-8-11-20-13-9-10-14(16(18)19)15(17)12-13/h9-10,12,18-19H,2-8,11H2,1H3. The molecule has 5 heteroatoms. The first-order chi connectivity index (χ1) is 9.65. The van der Waals surface area contributed by atoms with Crippen LogP contribution in [0.25, 0.3) is 0 Å². The molecule has 1 rings (SSSR count). The molecule has 1 aromatic rings. The van der Waals surface area contributed by atoms with Crippen molar-refractivity contribution in [3.05, 3.63) is 24.0 Å². The molecule has 1 aromatic carbocycles.